The fourth-order valence-corrected chi connectivity index (χ4v) is 5.13. The van der Waals surface area contributed by atoms with Gasteiger partial charge >= 0.3 is 11.9 Å². The van der Waals surface area contributed by atoms with Crippen LogP contribution in [-0.4, -0.2) is 42.1 Å². The Hall–Kier alpha value is -3.42. The number of aromatic nitrogens is 1. The Morgan fingerprint density at radius 1 is 1.16 bits per heavy atom. The smallest absolute Gasteiger partial charge is 0.328 e. The van der Waals surface area contributed by atoms with Crippen LogP contribution in [0.4, 0.5) is 0 Å². The van der Waals surface area contributed by atoms with E-state index in [9.17, 15) is 14.4 Å². The maximum atomic E-state index is 13.3. The minimum atomic E-state index is -0.843. The number of carbonyl (C=O) groups is 3. The summed E-state index contributed by atoms with van der Waals surface area (Å²) in [6.07, 6.45) is 6.22. The van der Waals surface area contributed by atoms with Crippen molar-refractivity contribution in [1.82, 2.24) is 10.3 Å². The summed E-state index contributed by atoms with van der Waals surface area (Å²) in [6, 6.07) is 11.0. The molecule has 1 aromatic heterocycles. The zero-order chi connectivity index (χ0) is 27.7. The summed E-state index contributed by atoms with van der Waals surface area (Å²) in [5.74, 6) is -0.443. The second kappa shape index (κ2) is 13.9. The second-order valence-corrected chi connectivity index (χ2v) is 10.5. The summed E-state index contributed by atoms with van der Waals surface area (Å²) >= 11 is 0. The first-order valence-corrected chi connectivity index (χ1v) is 13.5. The largest absolute Gasteiger partial charge is 0.493 e. The van der Waals surface area contributed by atoms with Crippen molar-refractivity contribution < 1.29 is 28.6 Å². The van der Waals surface area contributed by atoms with Crippen molar-refractivity contribution in [3.63, 3.8) is 0 Å². The predicted molar refractivity (Wildman–Crippen MR) is 144 cm³/mol. The number of amides is 1. The molecule has 1 saturated heterocycles. The Balaban J connectivity index is 1.81. The van der Waals surface area contributed by atoms with E-state index >= 15 is 0 Å². The van der Waals surface area contributed by atoms with Gasteiger partial charge in [0.1, 0.15) is 12.1 Å². The first-order chi connectivity index (χ1) is 18.2. The summed E-state index contributed by atoms with van der Waals surface area (Å²) < 4.78 is 16.5. The number of carbonyl (C=O) groups excluding carboxylic acids is 3. The van der Waals surface area contributed by atoms with Gasteiger partial charge in [0, 0.05) is 25.1 Å². The molecule has 2 aromatic rings. The zero-order valence-electron chi connectivity index (χ0n) is 23.1. The molecule has 0 bridgehead atoms. The van der Waals surface area contributed by atoms with Crippen molar-refractivity contribution in [2.45, 2.75) is 78.4 Å². The van der Waals surface area contributed by atoms with Crippen LogP contribution < -0.4 is 14.8 Å². The van der Waals surface area contributed by atoms with E-state index < -0.39 is 23.9 Å². The first-order valence-electron chi connectivity index (χ1n) is 13.5. The summed E-state index contributed by atoms with van der Waals surface area (Å²) in [6.45, 7) is 7.65. The Kier molecular flexibility index (Phi) is 10.7. The second-order valence-electron chi connectivity index (χ2n) is 10.5. The summed E-state index contributed by atoms with van der Waals surface area (Å²) in [7, 11) is 1.41. The molecule has 0 spiro atoms. The normalized spacial score (nSPS) is 22.0. The predicted octanol–water partition coefficient (Wildman–Crippen LogP) is 5.14. The average molecular weight is 525 g/mol. The lowest BCUT2D eigenvalue weighted by Crippen LogP contribution is -2.43. The topological polar surface area (TPSA) is 104 Å². The Labute approximate surface area is 225 Å². The molecule has 206 valence electrons. The van der Waals surface area contributed by atoms with Crippen LogP contribution in [0, 0.1) is 17.8 Å². The summed E-state index contributed by atoms with van der Waals surface area (Å²) in [5, 5.41) is 2.77. The van der Waals surface area contributed by atoms with Crippen LogP contribution in [0.25, 0.3) is 0 Å². The SMILES string of the molecule is COc1ccnc(C(=O)N[C@H]2CCC[C@H](CCC(C)C)[C@@H](Cc3ccccc3)[C@H](C)OC2=O)c1OC(C)=O. The van der Waals surface area contributed by atoms with Crippen LogP contribution >= 0.6 is 0 Å². The van der Waals surface area contributed by atoms with Gasteiger partial charge in [0.2, 0.25) is 5.75 Å². The molecule has 0 aliphatic carbocycles. The Morgan fingerprint density at radius 2 is 1.89 bits per heavy atom. The fraction of sp³-hybridized carbons (Fsp3) is 0.533. The average Bonchev–Trinajstić information content (AvgIpc) is 2.93. The third-order valence-corrected chi connectivity index (χ3v) is 7.15. The van der Waals surface area contributed by atoms with Gasteiger partial charge in [0.25, 0.3) is 5.91 Å². The minimum Gasteiger partial charge on any atom is -0.493 e. The van der Waals surface area contributed by atoms with Gasteiger partial charge in [0.15, 0.2) is 11.4 Å². The van der Waals surface area contributed by atoms with Crippen LogP contribution in [-0.2, 0) is 20.7 Å². The fourth-order valence-electron chi connectivity index (χ4n) is 5.13. The van der Waals surface area contributed by atoms with Crippen molar-refractivity contribution >= 4 is 17.8 Å². The highest BCUT2D eigenvalue weighted by atomic mass is 16.6. The summed E-state index contributed by atoms with van der Waals surface area (Å²) in [4.78, 5) is 42.2. The van der Waals surface area contributed by atoms with Gasteiger partial charge in [0.05, 0.1) is 7.11 Å². The van der Waals surface area contributed by atoms with Crippen LogP contribution in [0.1, 0.15) is 75.9 Å². The van der Waals surface area contributed by atoms with Crippen molar-refractivity contribution in [2.75, 3.05) is 7.11 Å². The standard InChI is InChI=1S/C30H40N2O6/c1-19(2)14-15-23-12-9-13-25(30(35)37-20(3)24(23)18-22-10-7-6-8-11-22)32-29(34)27-28(38-21(4)33)26(36-5)16-17-31-27/h6-8,10-11,16-17,19-20,23-25H,9,12-15,18H2,1-5H3,(H,32,34)/t20-,23+,24-,25-/m0/s1. The van der Waals surface area contributed by atoms with Crippen molar-refractivity contribution in [3.8, 4) is 11.5 Å². The molecule has 4 atom stereocenters. The van der Waals surface area contributed by atoms with E-state index in [1.165, 1.54) is 31.9 Å². The molecule has 1 aliphatic heterocycles. The molecule has 1 aliphatic rings. The molecule has 1 amide bonds. The molecule has 38 heavy (non-hydrogen) atoms. The van der Waals surface area contributed by atoms with Crippen molar-refractivity contribution in [2.24, 2.45) is 17.8 Å². The number of methoxy groups -OCH3 is 1. The summed E-state index contributed by atoms with van der Waals surface area (Å²) in [5.41, 5.74) is 1.10. The van der Waals surface area contributed by atoms with E-state index in [4.69, 9.17) is 14.2 Å². The number of benzene rings is 1. The van der Waals surface area contributed by atoms with Gasteiger partial charge < -0.3 is 19.5 Å². The van der Waals surface area contributed by atoms with E-state index in [0.29, 0.717) is 18.3 Å². The number of rotatable bonds is 9. The molecule has 2 heterocycles. The number of cyclic esters (lactones) is 1. The molecule has 0 unspecified atom stereocenters. The molecule has 8 nitrogen and oxygen atoms in total. The highest BCUT2D eigenvalue weighted by molar-refractivity contribution is 5.98. The maximum absolute atomic E-state index is 13.3. The lowest BCUT2D eigenvalue weighted by Gasteiger charge is -2.32. The first kappa shape index (κ1) is 29.1. The Bertz CT molecular complexity index is 1090. The van der Waals surface area contributed by atoms with Gasteiger partial charge in [-0.2, -0.15) is 0 Å². The van der Waals surface area contributed by atoms with Crippen molar-refractivity contribution in [1.29, 1.82) is 0 Å². The van der Waals surface area contributed by atoms with Gasteiger partial charge in [-0.15, -0.1) is 0 Å². The molecule has 1 N–H and O–H groups in total. The van der Waals surface area contributed by atoms with E-state index in [0.717, 1.165) is 32.1 Å². The monoisotopic (exact) mass is 524 g/mol. The molecular weight excluding hydrogens is 484 g/mol. The zero-order valence-corrected chi connectivity index (χ0v) is 23.1. The minimum absolute atomic E-state index is 0.0820. The lowest BCUT2D eigenvalue weighted by molar-refractivity contribution is -0.154. The lowest BCUT2D eigenvalue weighted by atomic mass is 9.77. The van der Waals surface area contributed by atoms with Gasteiger partial charge in [-0.05, 0) is 50.0 Å². The molecular formula is C30H40N2O6. The van der Waals surface area contributed by atoms with Crippen molar-refractivity contribution in [3.05, 3.63) is 53.9 Å². The quantitative estimate of drug-likeness (QED) is 0.453. The van der Waals surface area contributed by atoms with Crippen LogP contribution in [0.2, 0.25) is 0 Å². The molecule has 1 aromatic carbocycles. The number of hydrogen-bond donors (Lipinski definition) is 1. The number of nitrogens with zero attached hydrogens (tertiary/aromatic N) is 1. The third-order valence-electron chi connectivity index (χ3n) is 7.15. The van der Waals surface area contributed by atoms with E-state index in [-0.39, 0.29) is 29.2 Å². The van der Waals surface area contributed by atoms with Crippen LogP contribution in [0.3, 0.4) is 0 Å². The number of pyridine rings is 1. The maximum Gasteiger partial charge on any atom is 0.328 e. The van der Waals surface area contributed by atoms with Gasteiger partial charge in [-0.25, -0.2) is 9.78 Å². The van der Waals surface area contributed by atoms with E-state index in [1.807, 2.05) is 25.1 Å². The van der Waals surface area contributed by atoms with Gasteiger partial charge in [-0.3, -0.25) is 9.59 Å². The number of hydrogen-bond acceptors (Lipinski definition) is 7. The van der Waals surface area contributed by atoms with Crippen LogP contribution in [0.15, 0.2) is 42.6 Å². The third kappa shape index (κ3) is 8.04. The van der Waals surface area contributed by atoms with E-state index in [1.54, 1.807) is 0 Å². The van der Waals surface area contributed by atoms with E-state index in [2.05, 4.69) is 36.3 Å². The molecule has 8 heteroatoms. The number of nitrogens with one attached hydrogen (secondary N) is 1. The molecule has 3 rings (SSSR count). The molecule has 1 fully saturated rings. The molecule has 0 saturated carbocycles. The molecule has 0 radical (unpaired) electrons. The number of esters is 2. The van der Waals surface area contributed by atoms with Crippen LogP contribution in [0.5, 0.6) is 11.5 Å². The Morgan fingerprint density at radius 3 is 2.55 bits per heavy atom. The highest BCUT2D eigenvalue weighted by Gasteiger charge is 2.35. The van der Waals surface area contributed by atoms with Gasteiger partial charge in [-0.1, -0.05) is 57.0 Å². The highest BCUT2D eigenvalue weighted by Crippen LogP contribution is 2.34. The number of ether oxygens (including phenoxy) is 3.